The lowest BCUT2D eigenvalue weighted by molar-refractivity contribution is 0.244. The van der Waals surface area contributed by atoms with Gasteiger partial charge in [-0.15, -0.1) is 0 Å². The summed E-state index contributed by atoms with van der Waals surface area (Å²) < 4.78 is 0. The molecule has 0 aliphatic carbocycles. The summed E-state index contributed by atoms with van der Waals surface area (Å²) >= 11 is 0. The van der Waals surface area contributed by atoms with E-state index >= 15 is 0 Å². The van der Waals surface area contributed by atoms with Crippen LogP contribution in [0, 0.1) is 12.8 Å². The molecule has 0 bridgehead atoms. The van der Waals surface area contributed by atoms with Crippen LogP contribution in [-0.2, 0) is 6.42 Å². The van der Waals surface area contributed by atoms with E-state index in [1.54, 1.807) is 0 Å². The SMILES string of the molecule is CCNc1nc(CC)nc(N2CCCC(CCO)C2)c1C. The van der Waals surface area contributed by atoms with E-state index in [1.165, 1.54) is 12.8 Å². The molecule has 0 amide bonds. The van der Waals surface area contributed by atoms with Crippen molar-refractivity contribution in [1.82, 2.24) is 9.97 Å². The summed E-state index contributed by atoms with van der Waals surface area (Å²) in [4.78, 5) is 11.7. The second-order valence-corrected chi connectivity index (χ2v) is 5.79. The fourth-order valence-electron chi connectivity index (χ4n) is 3.03. The quantitative estimate of drug-likeness (QED) is 0.843. The third-order valence-electron chi connectivity index (χ3n) is 4.18. The van der Waals surface area contributed by atoms with Gasteiger partial charge in [-0.1, -0.05) is 6.92 Å². The van der Waals surface area contributed by atoms with Crippen LogP contribution in [-0.4, -0.2) is 41.3 Å². The first kappa shape index (κ1) is 16.0. The minimum absolute atomic E-state index is 0.282. The van der Waals surface area contributed by atoms with Crippen LogP contribution in [0.25, 0.3) is 0 Å². The van der Waals surface area contributed by atoms with E-state index in [-0.39, 0.29) is 6.61 Å². The molecule has 1 aliphatic rings. The molecule has 2 rings (SSSR count). The summed E-state index contributed by atoms with van der Waals surface area (Å²) in [5.41, 5.74) is 1.14. The smallest absolute Gasteiger partial charge is 0.137 e. The molecule has 0 spiro atoms. The molecule has 5 nitrogen and oxygen atoms in total. The molecule has 0 aromatic carbocycles. The predicted molar refractivity (Wildman–Crippen MR) is 87.0 cm³/mol. The Kier molecular flexibility index (Phi) is 5.79. The van der Waals surface area contributed by atoms with Crippen LogP contribution in [0.3, 0.4) is 0 Å². The maximum absolute atomic E-state index is 9.17. The molecule has 0 saturated carbocycles. The molecular weight excluding hydrogens is 264 g/mol. The zero-order valence-electron chi connectivity index (χ0n) is 13.5. The number of piperidine rings is 1. The Bertz CT molecular complexity index is 462. The van der Waals surface area contributed by atoms with Gasteiger partial charge in [-0.2, -0.15) is 0 Å². The molecule has 5 heteroatoms. The van der Waals surface area contributed by atoms with E-state index in [0.717, 1.165) is 55.5 Å². The number of aryl methyl sites for hydroxylation is 1. The van der Waals surface area contributed by atoms with E-state index in [1.807, 2.05) is 0 Å². The molecule has 1 fully saturated rings. The molecule has 21 heavy (non-hydrogen) atoms. The van der Waals surface area contributed by atoms with Gasteiger partial charge in [-0.3, -0.25) is 0 Å². The second kappa shape index (κ2) is 7.59. The first-order valence-electron chi connectivity index (χ1n) is 8.16. The summed E-state index contributed by atoms with van der Waals surface area (Å²) in [6.07, 6.45) is 4.12. The third-order valence-corrected chi connectivity index (χ3v) is 4.18. The Balaban J connectivity index is 2.26. The van der Waals surface area contributed by atoms with Crippen molar-refractivity contribution < 1.29 is 5.11 Å². The lowest BCUT2D eigenvalue weighted by atomic mass is 9.95. The number of aliphatic hydroxyl groups is 1. The van der Waals surface area contributed by atoms with Gasteiger partial charge in [-0.25, -0.2) is 9.97 Å². The first-order valence-corrected chi connectivity index (χ1v) is 8.16. The van der Waals surface area contributed by atoms with Crippen molar-refractivity contribution in [1.29, 1.82) is 0 Å². The number of nitrogens with one attached hydrogen (secondary N) is 1. The second-order valence-electron chi connectivity index (χ2n) is 5.79. The summed E-state index contributed by atoms with van der Waals surface area (Å²) in [7, 11) is 0. The van der Waals surface area contributed by atoms with Gasteiger partial charge < -0.3 is 15.3 Å². The lowest BCUT2D eigenvalue weighted by Gasteiger charge is -2.34. The summed E-state index contributed by atoms with van der Waals surface area (Å²) in [5, 5.41) is 12.5. The molecule has 1 saturated heterocycles. The number of hydrogen-bond acceptors (Lipinski definition) is 5. The van der Waals surface area contributed by atoms with Crippen LogP contribution in [0.4, 0.5) is 11.6 Å². The molecule has 118 valence electrons. The van der Waals surface area contributed by atoms with E-state index in [4.69, 9.17) is 4.98 Å². The molecule has 1 aromatic rings. The monoisotopic (exact) mass is 292 g/mol. The Labute approximate surface area is 127 Å². The molecular formula is C16H28N4O. The van der Waals surface area contributed by atoms with Gasteiger partial charge in [-0.05, 0) is 39.0 Å². The summed E-state index contributed by atoms with van der Waals surface area (Å²) in [5.74, 6) is 3.51. The third kappa shape index (κ3) is 3.84. The molecule has 2 heterocycles. The number of aliphatic hydroxyl groups excluding tert-OH is 1. The van der Waals surface area contributed by atoms with Gasteiger partial charge in [0.25, 0.3) is 0 Å². The van der Waals surface area contributed by atoms with Crippen LogP contribution in [0.2, 0.25) is 0 Å². The maximum Gasteiger partial charge on any atom is 0.137 e. The van der Waals surface area contributed by atoms with Crippen LogP contribution >= 0.6 is 0 Å². The van der Waals surface area contributed by atoms with Crippen LogP contribution < -0.4 is 10.2 Å². The van der Waals surface area contributed by atoms with Gasteiger partial charge in [0.1, 0.15) is 17.5 Å². The molecule has 1 aromatic heterocycles. The van der Waals surface area contributed by atoms with Gasteiger partial charge in [0, 0.05) is 38.2 Å². The molecule has 1 aliphatic heterocycles. The van der Waals surface area contributed by atoms with Crippen LogP contribution in [0.5, 0.6) is 0 Å². The van der Waals surface area contributed by atoms with Crippen molar-refractivity contribution in [2.75, 3.05) is 36.5 Å². The molecule has 1 unspecified atom stereocenters. The minimum atomic E-state index is 0.282. The van der Waals surface area contributed by atoms with Gasteiger partial charge in [0.05, 0.1) is 0 Å². The van der Waals surface area contributed by atoms with Crippen molar-refractivity contribution in [3.63, 3.8) is 0 Å². The van der Waals surface area contributed by atoms with Crippen molar-refractivity contribution in [2.45, 2.75) is 46.5 Å². The highest BCUT2D eigenvalue weighted by Gasteiger charge is 2.23. The first-order chi connectivity index (χ1) is 10.2. The average molecular weight is 292 g/mol. The average Bonchev–Trinajstić information content (AvgIpc) is 2.50. The Morgan fingerprint density at radius 2 is 2.14 bits per heavy atom. The van der Waals surface area contributed by atoms with E-state index in [9.17, 15) is 5.11 Å². The molecule has 1 atom stereocenters. The highest BCUT2D eigenvalue weighted by molar-refractivity contribution is 5.58. The number of nitrogens with zero attached hydrogens (tertiary/aromatic N) is 3. The Morgan fingerprint density at radius 1 is 1.33 bits per heavy atom. The maximum atomic E-state index is 9.17. The van der Waals surface area contributed by atoms with Crippen LogP contribution in [0.15, 0.2) is 0 Å². The van der Waals surface area contributed by atoms with Gasteiger partial charge >= 0.3 is 0 Å². The number of aromatic nitrogens is 2. The Morgan fingerprint density at radius 3 is 2.81 bits per heavy atom. The Hall–Kier alpha value is -1.36. The summed E-state index contributed by atoms with van der Waals surface area (Å²) in [6.45, 7) is 9.47. The minimum Gasteiger partial charge on any atom is -0.396 e. The number of anilines is 2. The lowest BCUT2D eigenvalue weighted by Crippen LogP contribution is -2.37. The van der Waals surface area contributed by atoms with Crippen molar-refractivity contribution >= 4 is 11.6 Å². The topological polar surface area (TPSA) is 61.3 Å². The summed E-state index contributed by atoms with van der Waals surface area (Å²) in [6, 6.07) is 0. The predicted octanol–water partition coefficient (Wildman–Crippen LogP) is 2.38. The van der Waals surface area contributed by atoms with Gasteiger partial charge in [0.15, 0.2) is 0 Å². The largest absolute Gasteiger partial charge is 0.396 e. The van der Waals surface area contributed by atoms with Gasteiger partial charge in [0.2, 0.25) is 0 Å². The van der Waals surface area contributed by atoms with E-state index in [2.05, 4.69) is 36.0 Å². The number of rotatable bonds is 6. The normalized spacial score (nSPS) is 18.9. The van der Waals surface area contributed by atoms with Crippen molar-refractivity contribution in [3.8, 4) is 0 Å². The standard InChI is InChI=1S/C16H28N4O/c1-4-14-18-15(17-5-2)12(3)16(19-14)20-9-6-7-13(11-20)8-10-21/h13,21H,4-11H2,1-3H3,(H,17,18,19). The van der Waals surface area contributed by atoms with Crippen LogP contribution in [0.1, 0.15) is 44.5 Å². The fraction of sp³-hybridized carbons (Fsp3) is 0.750. The van der Waals surface area contributed by atoms with Crippen molar-refractivity contribution in [2.24, 2.45) is 5.92 Å². The molecule has 0 radical (unpaired) electrons. The fourth-order valence-corrected chi connectivity index (χ4v) is 3.03. The van der Waals surface area contributed by atoms with Crippen molar-refractivity contribution in [3.05, 3.63) is 11.4 Å². The zero-order chi connectivity index (χ0) is 15.2. The van der Waals surface area contributed by atoms with E-state index in [0.29, 0.717) is 5.92 Å². The zero-order valence-corrected chi connectivity index (χ0v) is 13.5. The number of hydrogen-bond donors (Lipinski definition) is 2. The highest BCUT2D eigenvalue weighted by atomic mass is 16.3. The van der Waals surface area contributed by atoms with E-state index < -0.39 is 0 Å². The molecule has 2 N–H and O–H groups in total. The highest BCUT2D eigenvalue weighted by Crippen LogP contribution is 2.29.